The summed E-state index contributed by atoms with van der Waals surface area (Å²) >= 11 is 5.76. The molecule has 0 aromatic rings. The standard InChI is InChI=1S/C14H25ClN2O4/c1-7-20-12(18)11(15)16-17(9-8-10(2)3)13(19)21-14(4,5)6/h10H,7-9H2,1-6H3. The molecule has 1 amide bonds. The number of rotatable bonds is 6. The monoisotopic (exact) mass is 320 g/mol. The zero-order valence-electron chi connectivity index (χ0n) is 13.6. The number of carbonyl (C=O) groups excluding carboxylic acids is 2. The molecule has 0 aliphatic heterocycles. The molecular formula is C14H25ClN2O4. The van der Waals surface area contributed by atoms with Crippen molar-refractivity contribution in [3.63, 3.8) is 0 Å². The molecule has 122 valence electrons. The number of halogens is 1. The fraction of sp³-hybridized carbons (Fsp3) is 0.786. The van der Waals surface area contributed by atoms with E-state index in [0.29, 0.717) is 18.9 Å². The molecule has 0 aromatic heterocycles. The van der Waals surface area contributed by atoms with Gasteiger partial charge in [-0.25, -0.2) is 9.59 Å². The third kappa shape index (κ3) is 9.28. The van der Waals surface area contributed by atoms with Gasteiger partial charge in [0.2, 0.25) is 5.17 Å². The Morgan fingerprint density at radius 1 is 1.29 bits per heavy atom. The van der Waals surface area contributed by atoms with E-state index in [1.165, 1.54) is 0 Å². The number of nitrogens with zero attached hydrogens (tertiary/aromatic N) is 2. The summed E-state index contributed by atoms with van der Waals surface area (Å²) in [5.41, 5.74) is -0.654. The minimum Gasteiger partial charge on any atom is -0.461 e. The molecule has 0 radical (unpaired) electrons. The Bertz CT molecular complexity index is 389. The zero-order valence-corrected chi connectivity index (χ0v) is 14.4. The normalized spacial score (nSPS) is 12.3. The Morgan fingerprint density at radius 2 is 1.86 bits per heavy atom. The topological polar surface area (TPSA) is 68.2 Å². The van der Waals surface area contributed by atoms with Crippen molar-refractivity contribution in [2.24, 2.45) is 11.0 Å². The lowest BCUT2D eigenvalue weighted by Gasteiger charge is -2.24. The van der Waals surface area contributed by atoms with Gasteiger partial charge < -0.3 is 9.47 Å². The van der Waals surface area contributed by atoms with Crippen LogP contribution in [0.2, 0.25) is 0 Å². The maximum atomic E-state index is 12.1. The summed E-state index contributed by atoms with van der Waals surface area (Å²) in [5, 5.41) is 4.48. The summed E-state index contributed by atoms with van der Waals surface area (Å²) < 4.78 is 9.97. The van der Waals surface area contributed by atoms with Crippen LogP contribution in [-0.2, 0) is 14.3 Å². The van der Waals surface area contributed by atoms with Crippen molar-refractivity contribution >= 4 is 28.8 Å². The lowest BCUT2D eigenvalue weighted by molar-refractivity contribution is -0.134. The van der Waals surface area contributed by atoms with Crippen molar-refractivity contribution in [1.29, 1.82) is 0 Å². The summed E-state index contributed by atoms with van der Waals surface area (Å²) in [6.07, 6.45) is 0.0565. The molecule has 0 aliphatic rings. The van der Waals surface area contributed by atoms with Gasteiger partial charge in [0.05, 0.1) is 6.61 Å². The molecule has 0 heterocycles. The van der Waals surface area contributed by atoms with E-state index in [-0.39, 0.29) is 6.61 Å². The second-order valence-corrected chi connectivity index (χ2v) is 6.26. The fourth-order valence-electron chi connectivity index (χ4n) is 1.21. The molecule has 0 N–H and O–H groups in total. The SMILES string of the molecule is CCOC(=O)C(Cl)=NN(CCC(C)C)C(=O)OC(C)(C)C. The van der Waals surface area contributed by atoms with Crippen molar-refractivity contribution in [2.75, 3.05) is 13.2 Å². The predicted molar refractivity (Wildman–Crippen MR) is 82.3 cm³/mol. The van der Waals surface area contributed by atoms with Crippen LogP contribution >= 0.6 is 11.6 Å². The Balaban J connectivity index is 5.00. The average molecular weight is 321 g/mol. The second kappa shape index (κ2) is 8.87. The first-order valence-corrected chi connectivity index (χ1v) is 7.36. The van der Waals surface area contributed by atoms with Crippen LogP contribution in [0.3, 0.4) is 0 Å². The summed E-state index contributed by atoms with van der Waals surface area (Å²) in [7, 11) is 0. The Labute approximate surface area is 131 Å². The van der Waals surface area contributed by atoms with Crippen LogP contribution in [0, 0.1) is 5.92 Å². The molecule has 0 rings (SSSR count). The van der Waals surface area contributed by atoms with Crippen LogP contribution in [-0.4, -0.2) is 41.0 Å². The van der Waals surface area contributed by atoms with Crippen LogP contribution in [0.25, 0.3) is 0 Å². The van der Waals surface area contributed by atoms with E-state index < -0.39 is 22.8 Å². The summed E-state index contributed by atoms with van der Waals surface area (Å²) in [6.45, 7) is 11.4. The highest BCUT2D eigenvalue weighted by atomic mass is 35.5. The van der Waals surface area contributed by atoms with Crippen molar-refractivity contribution in [3.8, 4) is 0 Å². The van der Waals surface area contributed by atoms with E-state index in [9.17, 15) is 9.59 Å². The maximum absolute atomic E-state index is 12.1. The number of carbonyl (C=O) groups is 2. The van der Waals surface area contributed by atoms with E-state index in [4.69, 9.17) is 21.1 Å². The minimum atomic E-state index is -0.766. The molecule has 0 spiro atoms. The third-order valence-corrected chi connectivity index (χ3v) is 2.40. The van der Waals surface area contributed by atoms with Crippen molar-refractivity contribution < 1.29 is 19.1 Å². The average Bonchev–Trinajstić information content (AvgIpc) is 2.31. The van der Waals surface area contributed by atoms with Gasteiger partial charge in [-0.3, -0.25) is 0 Å². The lowest BCUT2D eigenvalue weighted by Crippen LogP contribution is -2.35. The molecule has 0 atom stereocenters. The number of amides is 1. The number of ether oxygens (including phenoxy) is 2. The highest BCUT2D eigenvalue weighted by Gasteiger charge is 2.23. The number of esters is 1. The molecule has 0 aromatic carbocycles. The van der Waals surface area contributed by atoms with E-state index in [1.807, 2.05) is 13.8 Å². The summed E-state index contributed by atoms with van der Waals surface area (Å²) in [4.78, 5) is 23.5. The van der Waals surface area contributed by atoms with Gasteiger partial charge in [-0.2, -0.15) is 5.01 Å². The minimum absolute atomic E-state index is 0.184. The van der Waals surface area contributed by atoms with Crippen molar-refractivity contribution in [1.82, 2.24) is 5.01 Å². The van der Waals surface area contributed by atoms with Gasteiger partial charge in [0, 0.05) is 6.54 Å². The van der Waals surface area contributed by atoms with E-state index >= 15 is 0 Å². The number of hydrogen-bond acceptors (Lipinski definition) is 5. The predicted octanol–water partition coefficient (Wildman–Crippen LogP) is 3.39. The summed E-state index contributed by atoms with van der Waals surface area (Å²) in [5.74, 6) is -0.399. The van der Waals surface area contributed by atoms with Gasteiger partial charge in [-0.1, -0.05) is 25.4 Å². The molecule has 0 unspecified atom stereocenters. The Morgan fingerprint density at radius 3 is 2.29 bits per heavy atom. The van der Waals surface area contributed by atoms with E-state index in [1.54, 1.807) is 27.7 Å². The molecule has 0 saturated carbocycles. The maximum Gasteiger partial charge on any atom is 0.430 e. The molecule has 21 heavy (non-hydrogen) atoms. The van der Waals surface area contributed by atoms with E-state index in [0.717, 1.165) is 5.01 Å². The van der Waals surface area contributed by atoms with Crippen LogP contribution in [0.15, 0.2) is 5.10 Å². The fourth-order valence-corrected chi connectivity index (χ4v) is 1.36. The molecule has 0 aliphatic carbocycles. The third-order valence-electron chi connectivity index (χ3n) is 2.17. The van der Waals surface area contributed by atoms with Crippen LogP contribution in [0.1, 0.15) is 48.0 Å². The first-order valence-electron chi connectivity index (χ1n) is 6.98. The van der Waals surface area contributed by atoms with E-state index in [2.05, 4.69) is 5.10 Å². The van der Waals surface area contributed by atoms with Gasteiger partial charge in [0.1, 0.15) is 5.60 Å². The molecule has 7 heteroatoms. The highest BCUT2D eigenvalue weighted by Crippen LogP contribution is 2.12. The molecular weight excluding hydrogens is 296 g/mol. The smallest absolute Gasteiger partial charge is 0.430 e. The van der Waals surface area contributed by atoms with Crippen molar-refractivity contribution in [2.45, 2.75) is 53.6 Å². The van der Waals surface area contributed by atoms with Crippen molar-refractivity contribution in [3.05, 3.63) is 0 Å². The Hall–Kier alpha value is -1.30. The first-order chi connectivity index (χ1) is 9.56. The molecule has 0 bridgehead atoms. The summed E-state index contributed by atoms with van der Waals surface area (Å²) in [6, 6.07) is 0. The number of hydrogen-bond donors (Lipinski definition) is 0. The molecule has 0 saturated heterocycles. The number of hydrazone groups is 1. The van der Waals surface area contributed by atoms with Gasteiger partial charge >= 0.3 is 12.1 Å². The van der Waals surface area contributed by atoms with Gasteiger partial charge in [0.25, 0.3) is 0 Å². The molecule has 6 nitrogen and oxygen atoms in total. The van der Waals surface area contributed by atoms with Crippen LogP contribution in [0.4, 0.5) is 4.79 Å². The lowest BCUT2D eigenvalue weighted by atomic mass is 10.1. The van der Waals surface area contributed by atoms with Gasteiger partial charge in [-0.15, -0.1) is 5.10 Å². The van der Waals surface area contributed by atoms with Gasteiger partial charge in [-0.05, 0) is 40.0 Å². The zero-order chi connectivity index (χ0) is 16.6. The first kappa shape index (κ1) is 19.7. The van der Waals surface area contributed by atoms with Crippen LogP contribution < -0.4 is 0 Å². The Kier molecular flexibility index (Phi) is 8.32. The quantitative estimate of drug-likeness (QED) is 0.427. The van der Waals surface area contributed by atoms with Crippen LogP contribution in [0.5, 0.6) is 0 Å². The largest absolute Gasteiger partial charge is 0.461 e. The van der Waals surface area contributed by atoms with Gasteiger partial charge in [0.15, 0.2) is 0 Å². The molecule has 0 fully saturated rings. The second-order valence-electron chi connectivity index (χ2n) is 5.90. The highest BCUT2D eigenvalue weighted by molar-refractivity contribution is 6.82.